The quantitative estimate of drug-likeness (QED) is 0.896. The van der Waals surface area contributed by atoms with E-state index >= 15 is 0 Å². The van der Waals surface area contributed by atoms with Crippen LogP contribution in [0.15, 0.2) is 24.3 Å². The van der Waals surface area contributed by atoms with Crippen LogP contribution in [0.1, 0.15) is 46.2 Å². The molecule has 20 heavy (non-hydrogen) atoms. The summed E-state index contributed by atoms with van der Waals surface area (Å²) in [6.45, 7) is 11.1. The molecule has 1 aromatic rings. The molecule has 0 spiro atoms. The molecule has 1 aromatic carbocycles. The van der Waals surface area contributed by atoms with Crippen LogP contribution < -0.4 is 10.5 Å². The van der Waals surface area contributed by atoms with Gasteiger partial charge in [-0.3, -0.25) is 4.90 Å². The van der Waals surface area contributed by atoms with Crippen molar-refractivity contribution >= 4 is 0 Å². The molecule has 3 heteroatoms. The third-order valence-electron chi connectivity index (χ3n) is 4.24. The molecule has 0 amide bonds. The second kappa shape index (κ2) is 6.59. The molecule has 0 aliphatic heterocycles. The zero-order valence-corrected chi connectivity index (χ0v) is 14.0. The van der Waals surface area contributed by atoms with Crippen molar-refractivity contribution in [3.63, 3.8) is 0 Å². The number of hydrogen-bond acceptors (Lipinski definition) is 3. The van der Waals surface area contributed by atoms with Crippen molar-refractivity contribution in [2.24, 2.45) is 11.1 Å². The van der Waals surface area contributed by atoms with Gasteiger partial charge in [-0.2, -0.15) is 0 Å². The minimum absolute atomic E-state index is 0.0527. The Labute approximate surface area is 124 Å². The maximum Gasteiger partial charge on any atom is 0.119 e. The van der Waals surface area contributed by atoms with Crippen molar-refractivity contribution < 1.29 is 4.74 Å². The lowest BCUT2D eigenvalue weighted by Crippen LogP contribution is -2.46. The number of nitrogens with two attached hydrogens (primary N) is 1. The first-order chi connectivity index (χ1) is 9.18. The van der Waals surface area contributed by atoms with Crippen LogP contribution >= 0.6 is 0 Å². The van der Waals surface area contributed by atoms with E-state index in [0.717, 1.165) is 5.75 Å². The first kappa shape index (κ1) is 17.0. The predicted molar refractivity (Wildman–Crippen MR) is 86.1 cm³/mol. The number of methoxy groups -OCH3 is 1. The van der Waals surface area contributed by atoms with Crippen LogP contribution in [0, 0.1) is 5.41 Å². The maximum atomic E-state index is 6.26. The maximum absolute atomic E-state index is 6.26. The Hall–Kier alpha value is -1.06. The van der Waals surface area contributed by atoms with E-state index in [1.54, 1.807) is 7.11 Å². The van der Waals surface area contributed by atoms with E-state index in [1.165, 1.54) is 5.56 Å². The van der Waals surface area contributed by atoms with Crippen LogP contribution in [0.3, 0.4) is 0 Å². The summed E-state index contributed by atoms with van der Waals surface area (Å²) in [5, 5.41) is 0. The number of hydrogen-bond donors (Lipinski definition) is 1. The molecule has 0 aliphatic carbocycles. The molecule has 0 saturated carbocycles. The normalized spacial score (nSPS) is 16.9. The third-order valence-corrected chi connectivity index (χ3v) is 4.24. The summed E-state index contributed by atoms with van der Waals surface area (Å²) >= 11 is 0. The van der Waals surface area contributed by atoms with Gasteiger partial charge >= 0.3 is 0 Å². The van der Waals surface area contributed by atoms with E-state index in [-0.39, 0.29) is 17.5 Å². The summed E-state index contributed by atoms with van der Waals surface area (Å²) in [7, 11) is 3.85. The molecule has 0 saturated heterocycles. The third kappa shape index (κ3) is 3.97. The van der Waals surface area contributed by atoms with Crippen molar-refractivity contribution in [1.29, 1.82) is 0 Å². The second-order valence-corrected chi connectivity index (χ2v) is 6.79. The Morgan fingerprint density at radius 1 is 1.20 bits per heavy atom. The highest BCUT2D eigenvalue weighted by Crippen LogP contribution is 2.32. The highest BCUT2D eigenvalue weighted by molar-refractivity contribution is 5.31. The Balaban J connectivity index is 3.11. The van der Waals surface area contributed by atoms with Crippen LogP contribution in [0.25, 0.3) is 0 Å². The van der Waals surface area contributed by atoms with Crippen LogP contribution in [0.5, 0.6) is 5.75 Å². The molecule has 2 N–H and O–H groups in total. The summed E-state index contributed by atoms with van der Waals surface area (Å²) in [4.78, 5) is 2.37. The smallest absolute Gasteiger partial charge is 0.119 e. The standard InChI is InChI=1S/C17H30N2O/c1-12(18)16(19(6)13(2)17(3,4)5)14-9-8-10-15(11-14)20-7/h8-13,16H,18H2,1-7H3. The molecule has 0 aromatic heterocycles. The highest BCUT2D eigenvalue weighted by Gasteiger charge is 2.31. The van der Waals surface area contributed by atoms with Gasteiger partial charge in [0.25, 0.3) is 0 Å². The molecular formula is C17H30N2O. The van der Waals surface area contributed by atoms with Crippen LogP contribution in [-0.2, 0) is 0 Å². The number of ether oxygens (including phenoxy) is 1. The van der Waals surface area contributed by atoms with Gasteiger partial charge in [-0.25, -0.2) is 0 Å². The molecular weight excluding hydrogens is 248 g/mol. The summed E-state index contributed by atoms with van der Waals surface area (Å²) in [5.74, 6) is 0.880. The number of benzene rings is 1. The van der Waals surface area contributed by atoms with E-state index in [4.69, 9.17) is 10.5 Å². The fraction of sp³-hybridized carbons (Fsp3) is 0.647. The van der Waals surface area contributed by atoms with Crippen molar-refractivity contribution in [3.05, 3.63) is 29.8 Å². The van der Waals surface area contributed by atoms with Crippen molar-refractivity contribution in [3.8, 4) is 5.75 Å². The minimum Gasteiger partial charge on any atom is -0.497 e. The van der Waals surface area contributed by atoms with E-state index in [1.807, 2.05) is 12.1 Å². The largest absolute Gasteiger partial charge is 0.497 e. The number of nitrogens with zero attached hydrogens (tertiary/aromatic N) is 1. The molecule has 3 nitrogen and oxygen atoms in total. The van der Waals surface area contributed by atoms with Gasteiger partial charge in [0, 0.05) is 18.1 Å². The Bertz CT molecular complexity index is 423. The summed E-state index contributed by atoms with van der Waals surface area (Å²) < 4.78 is 5.33. The lowest BCUT2D eigenvalue weighted by Gasteiger charge is -2.42. The van der Waals surface area contributed by atoms with Gasteiger partial charge in [-0.15, -0.1) is 0 Å². The fourth-order valence-corrected chi connectivity index (χ4v) is 2.59. The van der Waals surface area contributed by atoms with Gasteiger partial charge in [0.2, 0.25) is 0 Å². The van der Waals surface area contributed by atoms with E-state index in [9.17, 15) is 0 Å². The molecule has 1 rings (SSSR count). The Kier molecular flexibility index (Phi) is 5.60. The SMILES string of the molecule is COc1cccc(C(C(C)N)N(C)C(C)C(C)(C)C)c1. The van der Waals surface area contributed by atoms with Gasteiger partial charge in [0.05, 0.1) is 7.11 Å². The van der Waals surface area contributed by atoms with E-state index in [2.05, 4.69) is 58.7 Å². The lowest BCUT2D eigenvalue weighted by atomic mass is 9.85. The van der Waals surface area contributed by atoms with E-state index < -0.39 is 0 Å². The van der Waals surface area contributed by atoms with Gasteiger partial charge in [0.1, 0.15) is 5.75 Å². The second-order valence-electron chi connectivity index (χ2n) is 6.79. The number of rotatable bonds is 5. The summed E-state index contributed by atoms with van der Waals surface area (Å²) in [5.41, 5.74) is 7.68. The zero-order chi connectivity index (χ0) is 15.5. The zero-order valence-electron chi connectivity index (χ0n) is 14.0. The van der Waals surface area contributed by atoms with Crippen LogP contribution in [0.2, 0.25) is 0 Å². The van der Waals surface area contributed by atoms with Crippen LogP contribution in [-0.4, -0.2) is 31.1 Å². The van der Waals surface area contributed by atoms with Gasteiger partial charge in [0.15, 0.2) is 0 Å². The molecule has 114 valence electrons. The van der Waals surface area contributed by atoms with Gasteiger partial charge in [-0.05, 0) is 44.0 Å². The molecule has 0 bridgehead atoms. The molecule has 0 heterocycles. The fourth-order valence-electron chi connectivity index (χ4n) is 2.59. The predicted octanol–water partition coefficient (Wildman–Crippen LogP) is 3.45. The van der Waals surface area contributed by atoms with Gasteiger partial charge < -0.3 is 10.5 Å². The first-order valence-electron chi connectivity index (χ1n) is 7.30. The topological polar surface area (TPSA) is 38.5 Å². The first-order valence-corrected chi connectivity index (χ1v) is 7.30. The monoisotopic (exact) mass is 278 g/mol. The highest BCUT2D eigenvalue weighted by atomic mass is 16.5. The van der Waals surface area contributed by atoms with Crippen LogP contribution in [0.4, 0.5) is 0 Å². The Morgan fingerprint density at radius 2 is 1.80 bits per heavy atom. The Morgan fingerprint density at radius 3 is 2.25 bits per heavy atom. The summed E-state index contributed by atoms with van der Waals surface area (Å²) in [6, 6.07) is 8.86. The van der Waals surface area contributed by atoms with Crippen molar-refractivity contribution in [2.75, 3.05) is 14.2 Å². The molecule has 3 atom stereocenters. The van der Waals surface area contributed by atoms with Crippen molar-refractivity contribution in [1.82, 2.24) is 4.90 Å². The average molecular weight is 278 g/mol. The molecule has 3 unspecified atom stereocenters. The van der Waals surface area contributed by atoms with E-state index in [0.29, 0.717) is 6.04 Å². The lowest BCUT2D eigenvalue weighted by molar-refractivity contribution is 0.0866. The van der Waals surface area contributed by atoms with Gasteiger partial charge in [-0.1, -0.05) is 32.9 Å². The minimum atomic E-state index is 0.0527. The number of likely N-dealkylation sites (N-methyl/N-ethyl adjacent to an activating group) is 1. The molecule has 0 aliphatic rings. The summed E-state index contributed by atoms with van der Waals surface area (Å²) in [6.07, 6.45) is 0. The average Bonchev–Trinajstić information content (AvgIpc) is 2.36. The molecule has 0 radical (unpaired) electrons. The molecule has 0 fully saturated rings. The van der Waals surface area contributed by atoms with Crippen molar-refractivity contribution in [2.45, 2.75) is 52.7 Å².